The van der Waals surface area contributed by atoms with Crippen LogP contribution in [0.2, 0.25) is 0 Å². The summed E-state index contributed by atoms with van der Waals surface area (Å²) >= 11 is 1.84. The molecule has 0 aromatic rings. The molecule has 0 fully saturated rings. The first-order chi connectivity index (χ1) is 6.36. The molecule has 0 bridgehead atoms. The van der Waals surface area contributed by atoms with Crippen molar-refractivity contribution in [2.75, 3.05) is 7.05 Å². The summed E-state index contributed by atoms with van der Waals surface area (Å²) < 4.78 is 0. The van der Waals surface area contributed by atoms with E-state index in [0.29, 0.717) is 0 Å². The normalized spacial score (nSPS) is 18.3. The average molecular weight is 195 g/mol. The molecule has 0 amide bonds. The lowest BCUT2D eigenvalue weighted by Crippen LogP contribution is -1.89. The molecule has 0 N–H and O–H groups in total. The van der Waals surface area contributed by atoms with E-state index in [1.165, 1.54) is 22.8 Å². The molecule has 0 atom stereocenters. The van der Waals surface area contributed by atoms with Gasteiger partial charge < -0.3 is 0 Å². The van der Waals surface area contributed by atoms with Gasteiger partial charge >= 0.3 is 0 Å². The van der Waals surface area contributed by atoms with Crippen molar-refractivity contribution in [3.63, 3.8) is 0 Å². The molecule has 0 saturated heterocycles. The molecule has 1 aliphatic rings. The Balaban J connectivity index is 2.51. The Morgan fingerprint density at radius 1 is 1.46 bits per heavy atom. The van der Waals surface area contributed by atoms with Crippen molar-refractivity contribution in [3.8, 4) is 0 Å². The molecule has 13 heavy (non-hydrogen) atoms. The van der Waals surface area contributed by atoms with Gasteiger partial charge in [0.25, 0.3) is 0 Å². The smallest absolute Gasteiger partial charge is 0.0714 e. The van der Waals surface area contributed by atoms with Crippen molar-refractivity contribution in [3.05, 3.63) is 23.1 Å². The molecule has 0 aliphatic heterocycles. The summed E-state index contributed by atoms with van der Waals surface area (Å²) in [6, 6.07) is 0. The van der Waals surface area contributed by atoms with E-state index in [-0.39, 0.29) is 0 Å². The summed E-state index contributed by atoms with van der Waals surface area (Å²) in [5.41, 5.74) is 0. The highest BCUT2D eigenvalue weighted by atomic mass is 32.2. The second kappa shape index (κ2) is 6.03. The monoisotopic (exact) mass is 195 g/mol. The van der Waals surface area contributed by atoms with Crippen LogP contribution in [0.3, 0.4) is 0 Å². The zero-order chi connectivity index (χ0) is 9.52. The molecule has 0 spiro atoms. The lowest BCUT2D eigenvalue weighted by Gasteiger charge is -2.04. The summed E-state index contributed by atoms with van der Waals surface area (Å²) in [7, 11) is 1.87. The lowest BCUT2D eigenvalue weighted by atomic mass is 10.3. The van der Waals surface area contributed by atoms with Gasteiger partial charge in [0.2, 0.25) is 0 Å². The van der Waals surface area contributed by atoms with E-state index >= 15 is 0 Å². The summed E-state index contributed by atoms with van der Waals surface area (Å²) in [6.45, 7) is 2.16. The van der Waals surface area contributed by atoms with Crippen molar-refractivity contribution in [1.82, 2.24) is 0 Å². The van der Waals surface area contributed by atoms with Crippen LogP contribution in [0, 0.1) is 0 Å². The van der Waals surface area contributed by atoms with Gasteiger partial charge in [-0.15, -0.1) is 0 Å². The second-order valence-electron chi connectivity index (χ2n) is 3.00. The van der Waals surface area contributed by atoms with Crippen molar-refractivity contribution in [2.45, 2.75) is 32.6 Å². The fourth-order valence-electron chi connectivity index (χ4n) is 1.25. The summed E-state index contributed by atoms with van der Waals surface area (Å²) in [4.78, 5) is 5.70. The maximum absolute atomic E-state index is 4.25. The Bertz CT molecular complexity index is 238. The molecular weight excluding hydrogens is 178 g/mol. The van der Waals surface area contributed by atoms with E-state index in [9.17, 15) is 0 Å². The average Bonchev–Trinajstić information content (AvgIpc) is 2.42. The molecule has 0 aromatic heterocycles. The highest BCUT2D eigenvalue weighted by Crippen LogP contribution is 2.25. The highest BCUT2D eigenvalue weighted by Gasteiger charge is 2.02. The van der Waals surface area contributed by atoms with Gasteiger partial charge in [0.05, 0.1) is 5.04 Å². The molecule has 0 saturated carbocycles. The number of hydrogen-bond acceptors (Lipinski definition) is 2. The third-order valence-corrected chi connectivity index (χ3v) is 3.29. The topological polar surface area (TPSA) is 12.4 Å². The minimum atomic E-state index is 1.04. The van der Waals surface area contributed by atoms with E-state index in [1.54, 1.807) is 0 Å². The van der Waals surface area contributed by atoms with Crippen LogP contribution in [0.25, 0.3) is 0 Å². The molecule has 0 unspecified atom stereocenters. The Labute approximate surface area is 85.0 Å². The van der Waals surface area contributed by atoms with Gasteiger partial charge in [0.15, 0.2) is 0 Å². The van der Waals surface area contributed by atoms with Gasteiger partial charge in [-0.25, -0.2) is 0 Å². The zero-order valence-corrected chi connectivity index (χ0v) is 9.23. The first-order valence-corrected chi connectivity index (χ1v) is 5.66. The SMILES string of the molecule is CCC(=NC)SC1=CCCC=CC1. The quantitative estimate of drug-likeness (QED) is 0.371. The third kappa shape index (κ3) is 3.81. The molecule has 0 radical (unpaired) electrons. The minimum Gasteiger partial charge on any atom is -0.286 e. The van der Waals surface area contributed by atoms with Crippen LogP contribution in [0.5, 0.6) is 0 Å². The van der Waals surface area contributed by atoms with Gasteiger partial charge in [-0.3, -0.25) is 4.99 Å². The van der Waals surface area contributed by atoms with Crippen LogP contribution in [-0.4, -0.2) is 12.1 Å². The van der Waals surface area contributed by atoms with Gasteiger partial charge in [0.1, 0.15) is 0 Å². The molecule has 1 nitrogen and oxygen atoms in total. The van der Waals surface area contributed by atoms with Crippen LogP contribution in [0.4, 0.5) is 0 Å². The Hall–Kier alpha value is -0.500. The number of rotatable bonds is 2. The maximum Gasteiger partial charge on any atom is 0.0714 e. The number of nitrogens with zero attached hydrogens (tertiary/aromatic N) is 1. The number of aliphatic imine (C=N–C) groups is 1. The standard InChI is InChI=1S/C11H17NS/c1-3-11(12-2)13-10-8-6-4-5-7-9-10/h4,6,9H,3,5,7-8H2,1-2H3. The Morgan fingerprint density at radius 2 is 2.31 bits per heavy atom. The number of thioether (sulfide) groups is 1. The number of hydrogen-bond donors (Lipinski definition) is 0. The van der Waals surface area contributed by atoms with Gasteiger partial charge in [-0.1, -0.05) is 36.9 Å². The first-order valence-electron chi connectivity index (χ1n) is 4.84. The van der Waals surface area contributed by atoms with Gasteiger partial charge in [-0.2, -0.15) is 0 Å². The zero-order valence-electron chi connectivity index (χ0n) is 8.42. The van der Waals surface area contributed by atoms with Gasteiger partial charge in [0, 0.05) is 7.05 Å². The van der Waals surface area contributed by atoms with E-state index < -0.39 is 0 Å². The molecule has 2 heteroatoms. The van der Waals surface area contributed by atoms with Crippen LogP contribution in [0.1, 0.15) is 32.6 Å². The third-order valence-electron chi connectivity index (χ3n) is 1.99. The molecule has 1 rings (SSSR count). The minimum absolute atomic E-state index is 1.04. The fourth-order valence-corrected chi connectivity index (χ4v) is 2.17. The summed E-state index contributed by atoms with van der Waals surface area (Å²) in [5, 5.41) is 1.24. The summed E-state index contributed by atoms with van der Waals surface area (Å²) in [6.07, 6.45) is 11.4. The largest absolute Gasteiger partial charge is 0.286 e. The van der Waals surface area contributed by atoms with Crippen LogP contribution in [-0.2, 0) is 0 Å². The lowest BCUT2D eigenvalue weighted by molar-refractivity contribution is 1.06. The van der Waals surface area contributed by atoms with E-state index in [1.807, 2.05) is 18.8 Å². The molecule has 72 valence electrons. The van der Waals surface area contributed by atoms with Crippen LogP contribution >= 0.6 is 11.8 Å². The maximum atomic E-state index is 4.25. The number of allylic oxidation sites excluding steroid dienone is 4. The van der Waals surface area contributed by atoms with E-state index in [2.05, 4.69) is 30.1 Å². The van der Waals surface area contributed by atoms with Crippen LogP contribution in [0.15, 0.2) is 28.1 Å². The molecular formula is C11H17NS. The molecule has 1 aliphatic carbocycles. The van der Waals surface area contributed by atoms with Crippen molar-refractivity contribution >= 4 is 16.8 Å². The second-order valence-corrected chi connectivity index (χ2v) is 4.20. The molecule has 0 aromatic carbocycles. The fraction of sp³-hybridized carbons (Fsp3) is 0.545. The van der Waals surface area contributed by atoms with Crippen molar-refractivity contribution in [1.29, 1.82) is 0 Å². The Kier molecular flexibility index (Phi) is 4.91. The first kappa shape index (κ1) is 10.6. The van der Waals surface area contributed by atoms with E-state index in [4.69, 9.17) is 0 Å². The van der Waals surface area contributed by atoms with E-state index in [0.717, 1.165) is 12.8 Å². The Morgan fingerprint density at radius 3 is 3.00 bits per heavy atom. The summed E-state index contributed by atoms with van der Waals surface area (Å²) in [5.74, 6) is 0. The van der Waals surface area contributed by atoms with Crippen molar-refractivity contribution < 1.29 is 0 Å². The predicted octanol–water partition coefficient (Wildman–Crippen LogP) is 3.78. The highest BCUT2D eigenvalue weighted by molar-refractivity contribution is 8.17. The molecule has 0 heterocycles. The van der Waals surface area contributed by atoms with Crippen molar-refractivity contribution in [2.24, 2.45) is 4.99 Å². The van der Waals surface area contributed by atoms with Gasteiger partial charge in [-0.05, 0) is 30.6 Å². The predicted molar refractivity (Wildman–Crippen MR) is 62.3 cm³/mol. The van der Waals surface area contributed by atoms with Crippen LogP contribution < -0.4 is 0 Å².